The van der Waals surface area contributed by atoms with Gasteiger partial charge in [0.2, 0.25) is 0 Å². The van der Waals surface area contributed by atoms with Gasteiger partial charge in [0.25, 0.3) is 5.69 Å². The number of carbonyl (C=O) groups excluding carboxylic acids is 1. The standard InChI is InChI=1S/C36H43N3O6/c1-25-31(34(40)41)32(28-18-13-19-29(24-28)38(43)44)33(35(42)45-6)36(2,39(25,4)5)21-23-37(3)22-20-30(26-14-9-7-10-15-26)27-16-11-8-12-17-27/h7-19,24,30,32-33H,20-23H2,1-6H3/p+1. The molecule has 1 aliphatic rings. The fourth-order valence-corrected chi connectivity index (χ4v) is 6.99. The molecule has 0 saturated carbocycles. The number of carboxylic acids is 1. The van der Waals surface area contributed by atoms with Gasteiger partial charge in [-0.1, -0.05) is 72.8 Å². The number of carboxylic acid groups (broad SMARTS) is 1. The lowest BCUT2D eigenvalue weighted by atomic mass is 9.64. The smallest absolute Gasteiger partial charge is 0.337 e. The lowest BCUT2D eigenvalue weighted by Gasteiger charge is -2.55. The lowest BCUT2D eigenvalue weighted by Crippen LogP contribution is -2.67. The molecule has 3 unspecified atom stereocenters. The maximum Gasteiger partial charge on any atom is 0.337 e. The number of ether oxygens (including phenoxy) is 1. The summed E-state index contributed by atoms with van der Waals surface area (Å²) in [6.45, 7) is 5.23. The van der Waals surface area contributed by atoms with E-state index in [2.05, 4.69) is 60.5 Å². The highest BCUT2D eigenvalue weighted by atomic mass is 16.6. The van der Waals surface area contributed by atoms with E-state index in [4.69, 9.17) is 4.74 Å². The van der Waals surface area contributed by atoms with Crippen LogP contribution >= 0.6 is 0 Å². The summed E-state index contributed by atoms with van der Waals surface area (Å²) in [5, 5.41) is 22.1. The van der Waals surface area contributed by atoms with E-state index in [9.17, 15) is 24.8 Å². The number of benzene rings is 3. The van der Waals surface area contributed by atoms with Gasteiger partial charge in [-0.15, -0.1) is 0 Å². The van der Waals surface area contributed by atoms with Crippen molar-refractivity contribution in [1.82, 2.24) is 4.90 Å². The van der Waals surface area contributed by atoms with Gasteiger partial charge < -0.3 is 14.7 Å². The summed E-state index contributed by atoms with van der Waals surface area (Å²) in [5.41, 5.74) is 2.60. The summed E-state index contributed by atoms with van der Waals surface area (Å²) in [6.07, 6.45) is 1.44. The van der Waals surface area contributed by atoms with Crippen molar-refractivity contribution in [3.05, 3.63) is 123 Å². The minimum Gasteiger partial charge on any atom is -0.478 e. The number of quaternary nitrogens is 1. The van der Waals surface area contributed by atoms with Gasteiger partial charge in [0.1, 0.15) is 22.7 Å². The molecule has 9 heteroatoms. The number of rotatable bonds is 12. The van der Waals surface area contributed by atoms with E-state index in [1.54, 1.807) is 13.0 Å². The minimum absolute atomic E-state index is 0.0651. The van der Waals surface area contributed by atoms with E-state index in [1.807, 2.05) is 33.2 Å². The minimum atomic E-state index is -1.16. The molecule has 3 aromatic rings. The van der Waals surface area contributed by atoms with Gasteiger partial charge in [0.15, 0.2) is 0 Å². The Balaban J connectivity index is 1.68. The molecule has 4 rings (SSSR count). The predicted molar refractivity (Wildman–Crippen MR) is 174 cm³/mol. The number of nitrogens with zero attached hydrogens (tertiary/aromatic N) is 3. The third kappa shape index (κ3) is 6.70. The molecule has 0 aliphatic carbocycles. The third-order valence-corrected chi connectivity index (χ3v) is 10.1. The summed E-state index contributed by atoms with van der Waals surface area (Å²) < 4.78 is 5.50. The Bertz CT molecular complexity index is 1520. The number of carbonyl (C=O) groups is 2. The average Bonchev–Trinajstić information content (AvgIpc) is 3.03. The molecule has 0 bridgehead atoms. The van der Waals surface area contributed by atoms with Crippen LogP contribution in [0.25, 0.3) is 0 Å². The van der Waals surface area contributed by atoms with Gasteiger partial charge in [-0.2, -0.15) is 0 Å². The van der Waals surface area contributed by atoms with E-state index in [-0.39, 0.29) is 21.7 Å². The Morgan fingerprint density at radius 3 is 2.09 bits per heavy atom. The number of hydrogen-bond acceptors (Lipinski definition) is 6. The molecule has 238 valence electrons. The van der Waals surface area contributed by atoms with Crippen molar-refractivity contribution < 1.29 is 28.8 Å². The van der Waals surface area contributed by atoms with Crippen LogP contribution in [-0.2, 0) is 14.3 Å². The first kappa shape index (κ1) is 33.6. The van der Waals surface area contributed by atoms with Crippen molar-refractivity contribution in [3.8, 4) is 0 Å². The molecule has 45 heavy (non-hydrogen) atoms. The molecule has 3 aromatic carbocycles. The Morgan fingerprint density at radius 2 is 1.58 bits per heavy atom. The molecule has 0 saturated heterocycles. The summed E-state index contributed by atoms with van der Waals surface area (Å²) in [6, 6.07) is 26.9. The molecule has 0 fully saturated rings. The number of aliphatic carboxylic acids is 1. The topological polar surface area (TPSA) is 110 Å². The molecule has 1 heterocycles. The van der Waals surface area contributed by atoms with Crippen molar-refractivity contribution in [2.45, 2.75) is 44.1 Å². The van der Waals surface area contributed by atoms with Crippen molar-refractivity contribution in [3.63, 3.8) is 0 Å². The quantitative estimate of drug-likeness (QED) is 0.112. The maximum atomic E-state index is 13.7. The third-order valence-electron chi connectivity index (χ3n) is 10.1. The number of methoxy groups -OCH3 is 1. The van der Waals surface area contributed by atoms with Gasteiger partial charge in [-0.3, -0.25) is 19.4 Å². The molecule has 0 spiro atoms. The first-order chi connectivity index (χ1) is 21.3. The number of esters is 1. The number of hydrogen-bond donors (Lipinski definition) is 1. The fourth-order valence-electron chi connectivity index (χ4n) is 6.99. The van der Waals surface area contributed by atoms with Gasteiger partial charge in [-0.25, -0.2) is 4.79 Å². The SMILES string of the molecule is COC(=O)C1C(c2cccc([N+](=O)[O-])c2)C(C(=O)O)=C(C)[N+](C)(C)C1(C)CCN(C)CCC(c1ccccc1)c1ccccc1. The molecule has 1 aliphatic heterocycles. The van der Waals surface area contributed by atoms with Crippen LogP contribution in [0.15, 0.2) is 96.2 Å². The maximum absolute atomic E-state index is 13.7. The second-order valence-electron chi connectivity index (χ2n) is 12.7. The van der Waals surface area contributed by atoms with Crippen molar-refractivity contribution in [2.75, 3.05) is 41.3 Å². The van der Waals surface area contributed by atoms with Crippen LogP contribution in [0.5, 0.6) is 0 Å². The van der Waals surface area contributed by atoms with E-state index in [1.165, 1.54) is 36.4 Å². The highest BCUT2D eigenvalue weighted by molar-refractivity contribution is 5.92. The van der Waals surface area contributed by atoms with Crippen LogP contribution in [0.4, 0.5) is 5.69 Å². The zero-order valence-corrected chi connectivity index (χ0v) is 27.0. The van der Waals surface area contributed by atoms with E-state index in [0.29, 0.717) is 24.2 Å². The Morgan fingerprint density at radius 1 is 1.00 bits per heavy atom. The number of allylic oxidation sites excluding steroid dienone is 1. The fraction of sp³-hybridized carbons (Fsp3) is 0.389. The number of non-ortho nitro benzene ring substituents is 1. The summed E-state index contributed by atoms with van der Waals surface area (Å²) >= 11 is 0. The van der Waals surface area contributed by atoms with Crippen LogP contribution in [0, 0.1) is 16.0 Å². The second-order valence-corrected chi connectivity index (χ2v) is 12.7. The molecule has 0 amide bonds. The largest absolute Gasteiger partial charge is 0.478 e. The van der Waals surface area contributed by atoms with Crippen LogP contribution in [-0.4, -0.2) is 78.2 Å². The Hall–Kier alpha value is -4.34. The number of nitro groups is 1. The monoisotopic (exact) mass is 614 g/mol. The van der Waals surface area contributed by atoms with Crippen LogP contribution in [0.1, 0.15) is 55.2 Å². The van der Waals surface area contributed by atoms with Crippen molar-refractivity contribution >= 4 is 17.6 Å². The second kappa shape index (κ2) is 13.7. The van der Waals surface area contributed by atoms with Gasteiger partial charge in [0.05, 0.1) is 26.1 Å². The molecule has 9 nitrogen and oxygen atoms in total. The lowest BCUT2D eigenvalue weighted by molar-refractivity contribution is -0.912. The molecule has 1 N–H and O–H groups in total. The zero-order chi connectivity index (χ0) is 32.9. The van der Waals surface area contributed by atoms with Crippen LogP contribution < -0.4 is 0 Å². The van der Waals surface area contributed by atoms with Crippen LogP contribution in [0.2, 0.25) is 0 Å². The zero-order valence-electron chi connectivity index (χ0n) is 27.0. The summed E-state index contributed by atoms with van der Waals surface area (Å²) in [5.74, 6) is -3.32. The Kier molecular flexibility index (Phi) is 10.3. The summed E-state index contributed by atoms with van der Waals surface area (Å²) in [4.78, 5) is 39.9. The normalized spacial score (nSPS) is 21.2. The van der Waals surface area contributed by atoms with Gasteiger partial charge in [-0.05, 0) is 43.6 Å². The van der Waals surface area contributed by atoms with E-state index in [0.717, 1.165) is 13.0 Å². The van der Waals surface area contributed by atoms with Crippen molar-refractivity contribution in [1.29, 1.82) is 0 Å². The summed E-state index contributed by atoms with van der Waals surface area (Å²) in [7, 11) is 7.23. The van der Waals surface area contributed by atoms with E-state index >= 15 is 0 Å². The Labute approximate surface area is 265 Å². The highest BCUT2D eigenvalue weighted by Crippen LogP contribution is 2.52. The van der Waals surface area contributed by atoms with E-state index < -0.39 is 34.2 Å². The molecule has 0 radical (unpaired) electrons. The first-order valence-electron chi connectivity index (χ1n) is 15.2. The molecule has 3 atom stereocenters. The number of nitro benzene ring substituents is 1. The average molecular weight is 615 g/mol. The predicted octanol–water partition coefficient (Wildman–Crippen LogP) is 6.22. The highest BCUT2D eigenvalue weighted by Gasteiger charge is 2.61. The van der Waals surface area contributed by atoms with Crippen LogP contribution in [0.3, 0.4) is 0 Å². The molecule has 0 aromatic heterocycles. The van der Waals surface area contributed by atoms with Gasteiger partial charge >= 0.3 is 11.9 Å². The first-order valence-corrected chi connectivity index (χ1v) is 15.2. The molecular weight excluding hydrogens is 570 g/mol. The molecular formula is C36H44N3O6+. The van der Waals surface area contributed by atoms with Gasteiger partial charge in [0, 0.05) is 43.9 Å². The van der Waals surface area contributed by atoms with Crippen molar-refractivity contribution in [2.24, 2.45) is 5.92 Å².